The molecule has 3 aromatic rings. The number of amides is 2. The number of hydrogen-bond donors (Lipinski definition) is 3. The molecular weight excluding hydrogens is 448 g/mol. The maximum atomic E-state index is 12.7. The third-order valence-electron chi connectivity index (χ3n) is 6.25. The van der Waals surface area contributed by atoms with E-state index in [0.717, 1.165) is 22.3 Å². The molecule has 0 saturated heterocycles. The van der Waals surface area contributed by atoms with Gasteiger partial charge < -0.3 is 15.2 Å². The first kappa shape index (κ1) is 24.0. The molecule has 0 spiro atoms. The molecule has 1 aromatic heterocycles. The van der Waals surface area contributed by atoms with Gasteiger partial charge in [0.25, 0.3) is 5.91 Å². The number of aromatic nitrogens is 2. The highest BCUT2D eigenvalue weighted by Crippen LogP contribution is 2.44. The van der Waals surface area contributed by atoms with E-state index in [-0.39, 0.29) is 36.9 Å². The second-order valence-electron chi connectivity index (χ2n) is 9.21. The van der Waals surface area contributed by atoms with Gasteiger partial charge in [-0.1, -0.05) is 48.5 Å². The Kier molecular flexibility index (Phi) is 6.59. The highest BCUT2D eigenvalue weighted by molar-refractivity contribution is 6.01. The summed E-state index contributed by atoms with van der Waals surface area (Å²) in [5, 5.41) is 18.6. The van der Waals surface area contributed by atoms with Crippen LogP contribution in [0, 0.1) is 5.41 Å². The van der Waals surface area contributed by atoms with Crippen molar-refractivity contribution in [2.75, 3.05) is 18.5 Å². The van der Waals surface area contributed by atoms with Crippen LogP contribution < -0.4 is 10.6 Å². The zero-order chi connectivity index (χ0) is 25.2. The SMILES string of the molecule is Cn1cc(C(=O)NCCC(C)(C)C(=O)O)c(NC(=O)OCC2c3ccccc3-c3ccccc32)n1. The number of carbonyl (C=O) groups excluding carboxylic acids is 2. The van der Waals surface area contributed by atoms with Gasteiger partial charge >= 0.3 is 12.1 Å². The van der Waals surface area contributed by atoms with Gasteiger partial charge in [-0.3, -0.25) is 19.6 Å². The third kappa shape index (κ3) is 5.03. The van der Waals surface area contributed by atoms with Gasteiger partial charge in [0.05, 0.1) is 5.41 Å². The summed E-state index contributed by atoms with van der Waals surface area (Å²) in [6.07, 6.45) is 1.02. The molecule has 182 valence electrons. The Morgan fingerprint density at radius 1 is 1.06 bits per heavy atom. The smallest absolute Gasteiger partial charge is 0.412 e. The van der Waals surface area contributed by atoms with E-state index in [9.17, 15) is 19.5 Å². The topological polar surface area (TPSA) is 123 Å². The van der Waals surface area contributed by atoms with Crippen molar-refractivity contribution in [2.24, 2.45) is 12.5 Å². The summed E-state index contributed by atoms with van der Waals surface area (Å²) >= 11 is 0. The van der Waals surface area contributed by atoms with Crippen LogP contribution in [0.25, 0.3) is 11.1 Å². The number of carbonyl (C=O) groups is 3. The predicted molar refractivity (Wildman–Crippen MR) is 130 cm³/mol. The molecule has 4 rings (SSSR count). The van der Waals surface area contributed by atoms with Crippen LogP contribution >= 0.6 is 0 Å². The lowest BCUT2D eigenvalue weighted by molar-refractivity contribution is -0.147. The molecule has 0 unspecified atom stereocenters. The molecule has 0 radical (unpaired) electrons. The molecule has 3 N–H and O–H groups in total. The predicted octanol–water partition coefficient (Wildman–Crippen LogP) is 4.01. The summed E-state index contributed by atoms with van der Waals surface area (Å²) in [7, 11) is 1.63. The Labute approximate surface area is 203 Å². The van der Waals surface area contributed by atoms with Crippen LogP contribution in [0.15, 0.2) is 54.7 Å². The second-order valence-corrected chi connectivity index (χ2v) is 9.21. The van der Waals surface area contributed by atoms with Crippen molar-refractivity contribution >= 4 is 23.8 Å². The van der Waals surface area contributed by atoms with E-state index in [1.165, 1.54) is 10.9 Å². The number of ether oxygens (including phenoxy) is 1. The normalized spacial score (nSPS) is 12.5. The van der Waals surface area contributed by atoms with Crippen LogP contribution in [0.3, 0.4) is 0 Å². The van der Waals surface area contributed by atoms with E-state index in [4.69, 9.17) is 4.74 Å². The highest BCUT2D eigenvalue weighted by atomic mass is 16.5. The number of nitrogens with zero attached hydrogens (tertiary/aromatic N) is 2. The first-order chi connectivity index (χ1) is 16.7. The van der Waals surface area contributed by atoms with E-state index < -0.39 is 23.4 Å². The summed E-state index contributed by atoms with van der Waals surface area (Å²) in [5.74, 6) is -1.42. The molecule has 2 aromatic carbocycles. The number of aliphatic carboxylic acids is 1. The maximum Gasteiger partial charge on any atom is 0.412 e. The van der Waals surface area contributed by atoms with E-state index in [2.05, 4.69) is 27.9 Å². The number of rotatable bonds is 8. The van der Waals surface area contributed by atoms with Gasteiger partial charge in [0.15, 0.2) is 5.82 Å². The van der Waals surface area contributed by atoms with Crippen molar-refractivity contribution in [1.82, 2.24) is 15.1 Å². The van der Waals surface area contributed by atoms with Crippen LogP contribution in [0.4, 0.5) is 10.6 Å². The summed E-state index contributed by atoms with van der Waals surface area (Å²) in [6.45, 7) is 3.49. The average molecular weight is 477 g/mol. The quantitative estimate of drug-likeness (QED) is 0.451. The molecule has 0 fully saturated rings. The number of aryl methyl sites for hydroxylation is 1. The number of carboxylic acid groups (broad SMARTS) is 1. The molecule has 35 heavy (non-hydrogen) atoms. The van der Waals surface area contributed by atoms with E-state index >= 15 is 0 Å². The molecule has 0 aliphatic heterocycles. The largest absolute Gasteiger partial charge is 0.481 e. The Bertz CT molecular complexity index is 1230. The zero-order valence-electron chi connectivity index (χ0n) is 19.9. The molecular formula is C26H28N4O5. The van der Waals surface area contributed by atoms with Crippen molar-refractivity contribution in [3.05, 3.63) is 71.4 Å². The van der Waals surface area contributed by atoms with Gasteiger partial charge in [0.1, 0.15) is 12.2 Å². The van der Waals surface area contributed by atoms with Crippen molar-refractivity contribution in [3.8, 4) is 11.1 Å². The molecule has 9 nitrogen and oxygen atoms in total. The minimum atomic E-state index is -0.968. The van der Waals surface area contributed by atoms with Gasteiger partial charge in [0, 0.05) is 25.7 Å². The second kappa shape index (κ2) is 9.61. The van der Waals surface area contributed by atoms with Crippen molar-refractivity contribution in [2.45, 2.75) is 26.2 Å². The number of hydrogen-bond acceptors (Lipinski definition) is 5. The molecule has 9 heteroatoms. The van der Waals surface area contributed by atoms with Crippen molar-refractivity contribution < 1.29 is 24.2 Å². The van der Waals surface area contributed by atoms with E-state index in [0.29, 0.717) is 0 Å². The van der Waals surface area contributed by atoms with Gasteiger partial charge in [-0.2, -0.15) is 5.10 Å². The fraction of sp³-hybridized carbons (Fsp3) is 0.308. The van der Waals surface area contributed by atoms with Gasteiger partial charge in [-0.25, -0.2) is 4.79 Å². The van der Waals surface area contributed by atoms with Crippen LogP contribution in [0.5, 0.6) is 0 Å². The Morgan fingerprint density at radius 2 is 1.66 bits per heavy atom. The van der Waals surface area contributed by atoms with Crippen LogP contribution in [0.2, 0.25) is 0 Å². The Hall–Kier alpha value is -4.14. The molecule has 1 aliphatic rings. The lowest BCUT2D eigenvalue weighted by Gasteiger charge is -2.18. The number of benzene rings is 2. The first-order valence-electron chi connectivity index (χ1n) is 11.3. The fourth-order valence-electron chi connectivity index (χ4n) is 4.17. The third-order valence-corrected chi connectivity index (χ3v) is 6.25. The molecule has 1 heterocycles. The summed E-state index contributed by atoms with van der Waals surface area (Å²) in [4.78, 5) is 36.5. The summed E-state index contributed by atoms with van der Waals surface area (Å²) in [6, 6.07) is 16.1. The molecule has 0 saturated carbocycles. The standard InChI is InChI=1S/C26H28N4O5/c1-26(2,24(32)33)12-13-27-23(31)20-14-30(3)29-22(20)28-25(34)35-15-21-18-10-6-4-8-16(18)17-9-5-7-11-19(17)21/h4-11,14,21H,12-13,15H2,1-3H3,(H,27,31)(H,32,33)(H,28,29,34). The number of anilines is 1. The van der Waals surface area contributed by atoms with Crippen LogP contribution in [0.1, 0.15) is 47.7 Å². The van der Waals surface area contributed by atoms with E-state index in [1.54, 1.807) is 20.9 Å². The molecule has 0 bridgehead atoms. The number of carboxylic acids is 1. The molecule has 2 amide bonds. The Morgan fingerprint density at radius 3 is 2.26 bits per heavy atom. The monoisotopic (exact) mass is 476 g/mol. The lowest BCUT2D eigenvalue weighted by atomic mass is 9.90. The minimum Gasteiger partial charge on any atom is -0.481 e. The van der Waals surface area contributed by atoms with E-state index in [1.807, 2.05) is 36.4 Å². The number of fused-ring (bicyclic) bond motifs is 3. The highest BCUT2D eigenvalue weighted by Gasteiger charge is 2.30. The van der Waals surface area contributed by atoms with Crippen LogP contribution in [-0.4, -0.2) is 46.0 Å². The summed E-state index contributed by atoms with van der Waals surface area (Å²) < 4.78 is 6.96. The van der Waals surface area contributed by atoms with Gasteiger partial charge in [-0.05, 0) is 42.5 Å². The molecule has 0 atom stereocenters. The zero-order valence-corrected chi connectivity index (χ0v) is 19.9. The summed E-state index contributed by atoms with van der Waals surface area (Å²) in [5.41, 5.74) is 3.66. The van der Waals surface area contributed by atoms with Crippen molar-refractivity contribution in [1.29, 1.82) is 0 Å². The first-order valence-corrected chi connectivity index (χ1v) is 11.3. The lowest BCUT2D eigenvalue weighted by Crippen LogP contribution is -2.32. The average Bonchev–Trinajstić information content (AvgIpc) is 3.34. The van der Waals surface area contributed by atoms with Gasteiger partial charge in [-0.15, -0.1) is 0 Å². The fourth-order valence-corrected chi connectivity index (χ4v) is 4.17. The molecule has 1 aliphatic carbocycles. The number of nitrogens with one attached hydrogen (secondary N) is 2. The minimum absolute atomic E-state index is 0.0692. The van der Waals surface area contributed by atoms with Crippen molar-refractivity contribution in [3.63, 3.8) is 0 Å². The Balaban J connectivity index is 1.39. The maximum absolute atomic E-state index is 12.7. The van der Waals surface area contributed by atoms with Gasteiger partial charge in [0.2, 0.25) is 0 Å². The van der Waals surface area contributed by atoms with Crippen LogP contribution in [-0.2, 0) is 16.6 Å².